The summed E-state index contributed by atoms with van der Waals surface area (Å²) in [6, 6.07) is 2.35. The second-order valence-electron chi connectivity index (χ2n) is 7.69. The summed E-state index contributed by atoms with van der Waals surface area (Å²) < 4.78 is 5.20. The number of fused-ring (bicyclic) bond motifs is 2. The van der Waals surface area contributed by atoms with Crippen LogP contribution in [-0.4, -0.2) is 21.8 Å². The van der Waals surface area contributed by atoms with E-state index in [2.05, 4.69) is 21.4 Å². The molecule has 146 valence electrons. The van der Waals surface area contributed by atoms with Crippen molar-refractivity contribution in [2.45, 2.75) is 58.3 Å². The molecule has 0 saturated carbocycles. The minimum absolute atomic E-state index is 0.0337. The van der Waals surface area contributed by atoms with E-state index in [0.717, 1.165) is 44.2 Å². The third kappa shape index (κ3) is 3.91. The average molecular weight is 379 g/mol. The summed E-state index contributed by atoms with van der Waals surface area (Å²) in [5, 5.41) is 3.17. The van der Waals surface area contributed by atoms with Crippen LogP contribution < -0.4 is 10.1 Å². The SMILES string of the molecule is CC(CCC(=O)Nc1c2c(cc3c1CCC3)CCC2)C(=O)Oc1cnccn1. The van der Waals surface area contributed by atoms with Gasteiger partial charge in [-0.2, -0.15) is 0 Å². The summed E-state index contributed by atoms with van der Waals surface area (Å²) in [6.45, 7) is 1.77. The van der Waals surface area contributed by atoms with Gasteiger partial charge in [-0.05, 0) is 67.2 Å². The lowest BCUT2D eigenvalue weighted by atomic mass is 9.98. The Bertz CT molecular complexity index is 863. The van der Waals surface area contributed by atoms with Crippen LogP contribution in [-0.2, 0) is 35.3 Å². The molecule has 1 N–H and O–H groups in total. The number of nitrogens with one attached hydrogen (secondary N) is 1. The first-order valence-corrected chi connectivity index (χ1v) is 10.1. The lowest BCUT2D eigenvalue weighted by molar-refractivity contribution is -0.138. The molecule has 0 radical (unpaired) electrons. The van der Waals surface area contributed by atoms with Crippen LogP contribution in [0.4, 0.5) is 5.69 Å². The number of hydrogen-bond donors (Lipinski definition) is 1. The topological polar surface area (TPSA) is 81.2 Å². The van der Waals surface area contributed by atoms with Gasteiger partial charge in [-0.3, -0.25) is 14.6 Å². The number of carbonyl (C=O) groups is 2. The zero-order valence-corrected chi connectivity index (χ0v) is 16.2. The number of amides is 1. The van der Waals surface area contributed by atoms with Gasteiger partial charge < -0.3 is 10.1 Å². The Morgan fingerprint density at radius 3 is 2.46 bits per heavy atom. The Morgan fingerprint density at radius 1 is 1.11 bits per heavy atom. The van der Waals surface area contributed by atoms with E-state index in [4.69, 9.17) is 4.74 Å². The molecule has 0 saturated heterocycles. The molecule has 2 aliphatic rings. The summed E-state index contributed by atoms with van der Waals surface area (Å²) in [7, 11) is 0. The average Bonchev–Trinajstić information content (AvgIpc) is 3.36. The number of aromatic nitrogens is 2. The van der Waals surface area contributed by atoms with E-state index < -0.39 is 5.97 Å². The molecule has 28 heavy (non-hydrogen) atoms. The van der Waals surface area contributed by atoms with E-state index in [9.17, 15) is 9.59 Å². The Labute approximate surface area is 164 Å². The number of nitrogens with zero attached hydrogens (tertiary/aromatic N) is 2. The van der Waals surface area contributed by atoms with E-state index in [1.807, 2.05) is 0 Å². The normalized spacial score (nSPS) is 15.6. The van der Waals surface area contributed by atoms with Crippen LogP contribution in [0.1, 0.15) is 54.9 Å². The van der Waals surface area contributed by atoms with Crippen molar-refractivity contribution in [3.63, 3.8) is 0 Å². The molecular formula is C22H25N3O3. The van der Waals surface area contributed by atoms with Gasteiger partial charge in [0.05, 0.1) is 12.1 Å². The molecular weight excluding hydrogens is 354 g/mol. The second kappa shape index (κ2) is 8.09. The van der Waals surface area contributed by atoms with Gasteiger partial charge in [-0.1, -0.05) is 13.0 Å². The van der Waals surface area contributed by atoms with E-state index in [-0.39, 0.29) is 24.1 Å². The maximum Gasteiger partial charge on any atom is 0.315 e. The molecule has 0 aliphatic heterocycles. The van der Waals surface area contributed by atoms with Gasteiger partial charge in [0.2, 0.25) is 11.8 Å². The summed E-state index contributed by atoms with van der Waals surface area (Å²) in [6.07, 6.45) is 11.7. The standard InChI is InChI=1S/C22H25N3O3/c1-14(22(27)28-20-13-23-10-11-24-20)8-9-19(26)25-21-17-6-2-4-15(17)12-16-5-3-7-18(16)21/h10-14H,2-9H2,1H3,(H,25,26). The lowest BCUT2D eigenvalue weighted by Gasteiger charge is -2.16. The summed E-state index contributed by atoms with van der Waals surface area (Å²) in [5.74, 6) is -0.637. The second-order valence-corrected chi connectivity index (χ2v) is 7.69. The molecule has 1 unspecified atom stereocenters. The lowest BCUT2D eigenvalue weighted by Crippen LogP contribution is -2.21. The van der Waals surface area contributed by atoms with Crippen molar-refractivity contribution in [3.8, 4) is 5.88 Å². The number of ether oxygens (including phenoxy) is 1. The fourth-order valence-corrected chi connectivity index (χ4v) is 4.18. The van der Waals surface area contributed by atoms with E-state index in [1.165, 1.54) is 40.8 Å². The van der Waals surface area contributed by atoms with E-state index in [1.54, 1.807) is 6.92 Å². The molecule has 2 aromatic rings. The number of rotatable bonds is 6. The third-order valence-corrected chi connectivity index (χ3v) is 5.69. The van der Waals surface area contributed by atoms with Crippen LogP contribution in [0.2, 0.25) is 0 Å². The van der Waals surface area contributed by atoms with Crippen molar-refractivity contribution in [3.05, 3.63) is 46.9 Å². The highest BCUT2D eigenvalue weighted by Crippen LogP contribution is 2.38. The molecule has 0 fully saturated rings. The highest BCUT2D eigenvalue weighted by atomic mass is 16.5. The molecule has 6 nitrogen and oxygen atoms in total. The third-order valence-electron chi connectivity index (χ3n) is 5.69. The van der Waals surface area contributed by atoms with Crippen molar-refractivity contribution < 1.29 is 14.3 Å². The molecule has 1 aromatic heterocycles. The summed E-state index contributed by atoms with van der Waals surface area (Å²) >= 11 is 0. The highest BCUT2D eigenvalue weighted by Gasteiger charge is 2.25. The maximum atomic E-state index is 12.6. The van der Waals surface area contributed by atoms with Gasteiger partial charge >= 0.3 is 5.97 Å². The van der Waals surface area contributed by atoms with Gasteiger partial charge in [-0.15, -0.1) is 0 Å². The van der Waals surface area contributed by atoms with Crippen LogP contribution in [0.25, 0.3) is 0 Å². The zero-order valence-electron chi connectivity index (χ0n) is 16.2. The van der Waals surface area contributed by atoms with Crippen LogP contribution in [0.15, 0.2) is 24.7 Å². The van der Waals surface area contributed by atoms with Crippen molar-refractivity contribution in [2.24, 2.45) is 5.92 Å². The Kier molecular flexibility index (Phi) is 5.37. The first-order valence-electron chi connectivity index (χ1n) is 10.1. The maximum absolute atomic E-state index is 12.6. The molecule has 1 aromatic carbocycles. The Morgan fingerprint density at radius 2 is 1.82 bits per heavy atom. The van der Waals surface area contributed by atoms with Crippen molar-refractivity contribution >= 4 is 17.6 Å². The monoisotopic (exact) mass is 379 g/mol. The Hall–Kier alpha value is -2.76. The van der Waals surface area contributed by atoms with Crippen molar-refractivity contribution in [2.75, 3.05) is 5.32 Å². The van der Waals surface area contributed by atoms with Crippen LogP contribution >= 0.6 is 0 Å². The zero-order chi connectivity index (χ0) is 19.5. The Balaban J connectivity index is 1.36. The van der Waals surface area contributed by atoms with Crippen LogP contribution in [0.5, 0.6) is 5.88 Å². The minimum atomic E-state index is -0.394. The predicted molar refractivity (Wildman–Crippen MR) is 105 cm³/mol. The number of esters is 1. The summed E-state index contributed by atoms with van der Waals surface area (Å²) in [4.78, 5) is 32.6. The highest BCUT2D eigenvalue weighted by molar-refractivity contribution is 5.93. The number of anilines is 1. The largest absolute Gasteiger partial charge is 0.406 e. The van der Waals surface area contributed by atoms with E-state index in [0.29, 0.717) is 6.42 Å². The number of aryl methyl sites for hydroxylation is 2. The smallest absolute Gasteiger partial charge is 0.315 e. The molecule has 0 bridgehead atoms. The molecule has 6 heteroatoms. The first-order chi connectivity index (χ1) is 13.6. The fourth-order valence-electron chi connectivity index (χ4n) is 4.18. The predicted octanol–water partition coefficient (Wildman–Crippen LogP) is 3.41. The van der Waals surface area contributed by atoms with Crippen LogP contribution in [0.3, 0.4) is 0 Å². The molecule has 4 rings (SSSR count). The summed E-state index contributed by atoms with van der Waals surface area (Å²) in [5.41, 5.74) is 6.50. The van der Waals surface area contributed by atoms with Gasteiger partial charge in [0.1, 0.15) is 0 Å². The number of hydrogen-bond acceptors (Lipinski definition) is 5. The minimum Gasteiger partial charge on any atom is -0.406 e. The van der Waals surface area contributed by atoms with E-state index >= 15 is 0 Å². The molecule has 1 amide bonds. The first kappa shape index (κ1) is 18.6. The van der Waals surface area contributed by atoms with Gasteiger partial charge in [-0.25, -0.2) is 4.98 Å². The number of benzene rings is 1. The van der Waals surface area contributed by atoms with Gasteiger partial charge in [0, 0.05) is 24.5 Å². The quantitative estimate of drug-likeness (QED) is 0.778. The van der Waals surface area contributed by atoms with Crippen molar-refractivity contribution in [1.29, 1.82) is 0 Å². The molecule has 0 spiro atoms. The molecule has 1 atom stereocenters. The van der Waals surface area contributed by atoms with Crippen molar-refractivity contribution in [1.82, 2.24) is 9.97 Å². The fraction of sp³-hybridized carbons (Fsp3) is 0.455. The molecule has 2 aliphatic carbocycles. The number of carbonyl (C=O) groups excluding carboxylic acids is 2. The van der Waals surface area contributed by atoms with Gasteiger partial charge in [0.15, 0.2) is 0 Å². The van der Waals surface area contributed by atoms with Crippen LogP contribution in [0, 0.1) is 5.92 Å². The van der Waals surface area contributed by atoms with Gasteiger partial charge in [0.25, 0.3) is 0 Å². The molecule has 1 heterocycles.